The first-order valence-electron chi connectivity index (χ1n) is 10.9. The molecular formula is C20H39N2O6PS. The molecule has 2 amide bonds. The fraction of sp³-hybridized carbons (Fsp3) is 0.900. The van der Waals surface area contributed by atoms with Gasteiger partial charge in [0.15, 0.2) is 0 Å². The minimum Gasteiger partial charge on any atom is -0.448 e. The molecule has 1 saturated carbocycles. The average Bonchev–Trinajstić information content (AvgIpc) is 2.71. The molecule has 0 saturated heterocycles. The van der Waals surface area contributed by atoms with Crippen LogP contribution in [0.1, 0.15) is 70.6 Å². The number of hydrogen-bond donors (Lipinski definition) is 3. The van der Waals surface area contributed by atoms with E-state index in [1.165, 1.54) is 38.8 Å². The number of alkyl carbamates (subject to hydrolysis) is 1. The average molecular weight is 467 g/mol. The predicted molar refractivity (Wildman–Crippen MR) is 121 cm³/mol. The molecule has 0 heterocycles. The van der Waals surface area contributed by atoms with E-state index >= 15 is 0 Å². The second-order valence-corrected chi connectivity index (χ2v) is 11.0. The van der Waals surface area contributed by atoms with Gasteiger partial charge >= 0.3 is 13.7 Å². The van der Waals surface area contributed by atoms with Gasteiger partial charge in [0.05, 0.1) is 13.2 Å². The van der Waals surface area contributed by atoms with Crippen LogP contribution in [-0.2, 0) is 18.6 Å². The molecule has 8 nitrogen and oxygen atoms in total. The highest BCUT2D eigenvalue weighted by Crippen LogP contribution is 2.42. The third-order valence-electron chi connectivity index (χ3n) is 5.33. The Hall–Kier alpha value is -0.760. The fourth-order valence-corrected chi connectivity index (χ4v) is 5.04. The van der Waals surface area contributed by atoms with E-state index in [1.807, 2.05) is 11.8 Å². The van der Waals surface area contributed by atoms with Crippen molar-refractivity contribution in [1.82, 2.24) is 10.6 Å². The molecule has 1 aliphatic rings. The lowest BCUT2D eigenvalue weighted by Gasteiger charge is -2.35. The zero-order valence-corrected chi connectivity index (χ0v) is 20.2. The standard InChI is InChI=1S/C20H39N2O6PS/c1-29(25,26)28-16-9-4-3-8-14-22-19(24)27-17-15-21-18(23)10-13-20(30-2)11-6-5-7-12-20/h3-17H2,1-2H3,(H,21,23)(H,22,24)(H,25,26). The minimum atomic E-state index is -3.38. The summed E-state index contributed by atoms with van der Waals surface area (Å²) in [4.78, 5) is 32.7. The minimum absolute atomic E-state index is 0.0163. The molecule has 0 aliphatic heterocycles. The largest absolute Gasteiger partial charge is 0.448 e. The molecule has 3 N–H and O–H groups in total. The van der Waals surface area contributed by atoms with Crippen LogP contribution < -0.4 is 10.6 Å². The number of amides is 2. The van der Waals surface area contributed by atoms with Gasteiger partial charge in [-0.25, -0.2) is 4.79 Å². The van der Waals surface area contributed by atoms with Crippen molar-refractivity contribution < 1.29 is 28.3 Å². The number of hydrogen-bond acceptors (Lipinski definition) is 6. The lowest BCUT2D eigenvalue weighted by Crippen LogP contribution is -2.33. The van der Waals surface area contributed by atoms with E-state index in [-0.39, 0.29) is 23.9 Å². The summed E-state index contributed by atoms with van der Waals surface area (Å²) in [6.07, 6.45) is 12.5. The van der Waals surface area contributed by atoms with Crippen molar-refractivity contribution in [3.05, 3.63) is 0 Å². The van der Waals surface area contributed by atoms with Gasteiger partial charge < -0.3 is 24.8 Å². The van der Waals surface area contributed by atoms with Gasteiger partial charge in [0.1, 0.15) is 6.61 Å². The van der Waals surface area contributed by atoms with Crippen LogP contribution in [-0.4, -0.2) is 60.9 Å². The molecule has 1 unspecified atom stereocenters. The smallest absolute Gasteiger partial charge is 0.407 e. The molecule has 0 aromatic heterocycles. The highest BCUT2D eigenvalue weighted by molar-refractivity contribution is 8.00. The van der Waals surface area contributed by atoms with Gasteiger partial charge in [-0.15, -0.1) is 0 Å². The summed E-state index contributed by atoms with van der Waals surface area (Å²) in [5.74, 6) is 0.0163. The van der Waals surface area contributed by atoms with Crippen molar-refractivity contribution in [2.75, 3.05) is 39.2 Å². The Morgan fingerprint density at radius 2 is 1.73 bits per heavy atom. The molecule has 0 spiro atoms. The number of nitrogens with one attached hydrogen (secondary N) is 2. The van der Waals surface area contributed by atoms with E-state index in [0.717, 1.165) is 25.7 Å². The van der Waals surface area contributed by atoms with Crippen LogP contribution in [0.15, 0.2) is 0 Å². The normalized spacial score (nSPS) is 17.7. The maximum absolute atomic E-state index is 12.0. The van der Waals surface area contributed by atoms with Crippen LogP contribution in [0.4, 0.5) is 4.79 Å². The second kappa shape index (κ2) is 15.1. The molecule has 0 bridgehead atoms. The van der Waals surface area contributed by atoms with Crippen LogP contribution in [0.3, 0.4) is 0 Å². The number of thioether (sulfide) groups is 1. The molecular weight excluding hydrogens is 427 g/mol. The Bertz CT molecular complexity index is 551. The van der Waals surface area contributed by atoms with Crippen LogP contribution in [0.2, 0.25) is 0 Å². The van der Waals surface area contributed by atoms with Gasteiger partial charge in [0.25, 0.3) is 0 Å². The highest BCUT2D eigenvalue weighted by Gasteiger charge is 2.31. The number of carbonyl (C=O) groups excluding carboxylic acids is 2. The number of ether oxygens (including phenoxy) is 1. The Labute approximate surface area is 185 Å². The summed E-state index contributed by atoms with van der Waals surface area (Å²) in [6.45, 7) is 2.43. The quantitative estimate of drug-likeness (QED) is 0.246. The Balaban J connectivity index is 1.96. The first kappa shape index (κ1) is 27.3. The number of unbranched alkanes of at least 4 members (excludes halogenated alkanes) is 3. The Morgan fingerprint density at radius 3 is 2.40 bits per heavy atom. The SMILES string of the molecule is CSC1(CCC(=O)NCCOC(=O)NCCCCCCOP(C)(=O)O)CCCCC1. The van der Waals surface area contributed by atoms with E-state index in [2.05, 4.69) is 16.9 Å². The topological polar surface area (TPSA) is 114 Å². The van der Waals surface area contributed by atoms with Gasteiger partial charge in [0, 0.05) is 24.4 Å². The third-order valence-corrected chi connectivity index (χ3v) is 7.47. The van der Waals surface area contributed by atoms with Gasteiger partial charge in [-0.2, -0.15) is 11.8 Å². The van der Waals surface area contributed by atoms with Crippen molar-refractivity contribution in [1.29, 1.82) is 0 Å². The molecule has 1 rings (SSSR count). The van der Waals surface area contributed by atoms with Crippen molar-refractivity contribution in [2.24, 2.45) is 0 Å². The first-order valence-corrected chi connectivity index (χ1v) is 14.2. The summed E-state index contributed by atoms with van der Waals surface area (Å²) in [6, 6.07) is 0. The van der Waals surface area contributed by atoms with E-state index in [4.69, 9.17) is 14.2 Å². The number of rotatable bonds is 15. The first-order chi connectivity index (χ1) is 14.3. The molecule has 30 heavy (non-hydrogen) atoms. The highest BCUT2D eigenvalue weighted by atomic mass is 32.2. The molecule has 0 radical (unpaired) electrons. The summed E-state index contributed by atoms with van der Waals surface area (Å²) < 4.78 is 21.1. The predicted octanol–water partition coefficient (Wildman–Crippen LogP) is 4.07. The van der Waals surface area contributed by atoms with Crippen LogP contribution in [0, 0.1) is 0 Å². The molecule has 1 aliphatic carbocycles. The van der Waals surface area contributed by atoms with Crippen molar-refractivity contribution in [3.8, 4) is 0 Å². The van der Waals surface area contributed by atoms with Crippen LogP contribution in [0.5, 0.6) is 0 Å². The van der Waals surface area contributed by atoms with E-state index < -0.39 is 13.7 Å². The van der Waals surface area contributed by atoms with Crippen LogP contribution >= 0.6 is 19.4 Å². The van der Waals surface area contributed by atoms with Gasteiger partial charge in [-0.05, 0) is 38.4 Å². The van der Waals surface area contributed by atoms with Crippen LogP contribution in [0.25, 0.3) is 0 Å². The van der Waals surface area contributed by atoms with Gasteiger partial charge in [-0.1, -0.05) is 32.1 Å². The molecule has 176 valence electrons. The van der Waals surface area contributed by atoms with E-state index in [1.54, 1.807) is 0 Å². The Kier molecular flexibility index (Phi) is 13.7. The van der Waals surface area contributed by atoms with Gasteiger partial charge in [-0.3, -0.25) is 9.36 Å². The molecule has 0 aromatic carbocycles. The second-order valence-electron chi connectivity index (χ2n) is 7.91. The zero-order chi connectivity index (χ0) is 22.3. The maximum atomic E-state index is 12.0. The Morgan fingerprint density at radius 1 is 1.03 bits per heavy atom. The summed E-state index contributed by atoms with van der Waals surface area (Å²) in [5, 5.41) is 5.50. The summed E-state index contributed by atoms with van der Waals surface area (Å²) in [5.41, 5.74) is 0. The monoisotopic (exact) mass is 466 g/mol. The molecule has 1 atom stereocenters. The van der Waals surface area contributed by atoms with E-state index in [0.29, 0.717) is 25.9 Å². The maximum Gasteiger partial charge on any atom is 0.407 e. The van der Waals surface area contributed by atoms with Gasteiger partial charge in [0.2, 0.25) is 5.91 Å². The lowest BCUT2D eigenvalue weighted by atomic mass is 9.85. The number of carbonyl (C=O) groups is 2. The fourth-order valence-electron chi connectivity index (χ4n) is 3.57. The molecule has 10 heteroatoms. The zero-order valence-electron chi connectivity index (χ0n) is 18.5. The van der Waals surface area contributed by atoms with E-state index in [9.17, 15) is 14.2 Å². The van der Waals surface area contributed by atoms with Crippen molar-refractivity contribution in [2.45, 2.75) is 75.4 Å². The third kappa shape index (κ3) is 13.5. The molecule has 1 fully saturated rings. The van der Waals surface area contributed by atoms with Crippen molar-refractivity contribution >= 4 is 31.4 Å². The lowest BCUT2D eigenvalue weighted by molar-refractivity contribution is -0.121. The molecule has 0 aromatic rings. The summed E-state index contributed by atoms with van der Waals surface area (Å²) in [7, 11) is -3.38. The summed E-state index contributed by atoms with van der Waals surface area (Å²) >= 11 is 1.90. The van der Waals surface area contributed by atoms with Crippen molar-refractivity contribution in [3.63, 3.8) is 0 Å².